The van der Waals surface area contributed by atoms with Gasteiger partial charge in [0.05, 0.1) is 0 Å². The molecule has 0 amide bonds. The number of rotatable bonds is 4. The van der Waals surface area contributed by atoms with Crippen LogP contribution in [0.5, 0.6) is 5.75 Å². The molecule has 0 aromatic heterocycles. The van der Waals surface area contributed by atoms with Crippen LogP contribution in [0.4, 0.5) is 4.39 Å². The summed E-state index contributed by atoms with van der Waals surface area (Å²) in [4.78, 5) is 10.7. The summed E-state index contributed by atoms with van der Waals surface area (Å²) in [5, 5.41) is 18.4. The molecular weight excluding hydrogens is 213 g/mol. The highest BCUT2D eigenvalue weighted by molar-refractivity contribution is 5.91. The minimum Gasteiger partial charge on any atom is -0.507 e. The number of nitrogens with two attached hydrogens (primary N) is 1. The number of hydrogen-bond donors (Lipinski definition) is 3. The SMILES string of the molecule is C=CC[C@H](N)c1cc(F)cc(C(=O)O)c1O. The summed E-state index contributed by atoms with van der Waals surface area (Å²) in [7, 11) is 0. The Bertz CT molecular complexity index is 431. The standard InChI is InChI=1S/C11H12FNO3/c1-2-3-9(13)7-4-6(12)5-8(10(7)14)11(15)16/h2,4-5,9,14H,1,3,13H2,(H,15,16)/t9-/m0/s1. The lowest BCUT2D eigenvalue weighted by atomic mass is 10.00. The fourth-order valence-corrected chi connectivity index (χ4v) is 1.37. The summed E-state index contributed by atoms with van der Waals surface area (Å²) in [5.74, 6) is -2.64. The van der Waals surface area contributed by atoms with Gasteiger partial charge in [-0.1, -0.05) is 6.08 Å². The van der Waals surface area contributed by atoms with Gasteiger partial charge < -0.3 is 15.9 Å². The Hall–Kier alpha value is -1.88. The molecule has 4 nitrogen and oxygen atoms in total. The maximum atomic E-state index is 13.1. The van der Waals surface area contributed by atoms with E-state index in [2.05, 4.69) is 6.58 Å². The largest absolute Gasteiger partial charge is 0.507 e. The molecule has 0 saturated carbocycles. The van der Waals surface area contributed by atoms with E-state index in [4.69, 9.17) is 10.8 Å². The van der Waals surface area contributed by atoms with Gasteiger partial charge in [-0.15, -0.1) is 6.58 Å². The van der Waals surface area contributed by atoms with E-state index in [1.165, 1.54) is 6.08 Å². The predicted molar refractivity (Wildman–Crippen MR) is 56.8 cm³/mol. The first-order valence-corrected chi connectivity index (χ1v) is 4.59. The first kappa shape index (κ1) is 12.2. The van der Waals surface area contributed by atoms with Crippen LogP contribution in [-0.2, 0) is 0 Å². The number of benzene rings is 1. The molecule has 1 atom stereocenters. The summed E-state index contributed by atoms with van der Waals surface area (Å²) >= 11 is 0. The molecule has 0 heterocycles. The molecule has 0 unspecified atom stereocenters. The summed E-state index contributed by atoms with van der Waals surface area (Å²) < 4.78 is 13.1. The lowest BCUT2D eigenvalue weighted by Gasteiger charge is -2.13. The van der Waals surface area contributed by atoms with Crippen LogP contribution in [0.15, 0.2) is 24.8 Å². The van der Waals surface area contributed by atoms with Crippen molar-refractivity contribution in [2.24, 2.45) is 5.73 Å². The third kappa shape index (κ3) is 2.38. The summed E-state index contributed by atoms with van der Waals surface area (Å²) in [6.45, 7) is 3.46. The number of carbonyl (C=O) groups is 1. The van der Waals surface area contributed by atoms with E-state index in [1.807, 2.05) is 0 Å². The van der Waals surface area contributed by atoms with Gasteiger partial charge in [-0.05, 0) is 18.6 Å². The van der Waals surface area contributed by atoms with Crippen LogP contribution in [0.1, 0.15) is 28.4 Å². The second kappa shape index (κ2) is 4.76. The van der Waals surface area contributed by atoms with Crippen molar-refractivity contribution in [3.05, 3.63) is 41.7 Å². The molecule has 1 aromatic carbocycles. The summed E-state index contributed by atoms with van der Waals surface area (Å²) in [6, 6.07) is 1.10. The van der Waals surface area contributed by atoms with Crippen molar-refractivity contribution in [1.29, 1.82) is 0 Å². The molecule has 0 spiro atoms. The zero-order valence-electron chi connectivity index (χ0n) is 8.48. The van der Waals surface area contributed by atoms with E-state index in [-0.39, 0.29) is 5.56 Å². The minimum atomic E-state index is -1.40. The third-order valence-electron chi connectivity index (χ3n) is 2.15. The van der Waals surface area contributed by atoms with Crippen molar-refractivity contribution in [2.75, 3.05) is 0 Å². The topological polar surface area (TPSA) is 83.6 Å². The van der Waals surface area contributed by atoms with Crippen LogP contribution in [0.2, 0.25) is 0 Å². The Kier molecular flexibility index (Phi) is 3.63. The van der Waals surface area contributed by atoms with E-state index in [0.717, 1.165) is 12.1 Å². The molecule has 1 aromatic rings. The van der Waals surface area contributed by atoms with Gasteiger partial charge in [-0.3, -0.25) is 0 Å². The van der Waals surface area contributed by atoms with Crippen LogP contribution in [0.25, 0.3) is 0 Å². The van der Waals surface area contributed by atoms with Crippen LogP contribution in [0, 0.1) is 5.82 Å². The van der Waals surface area contributed by atoms with Gasteiger partial charge in [0.2, 0.25) is 0 Å². The van der Waals surface area contributed by atoms with E-state index < -0.39 is 29.1 Å². The molecule has 0 aliphatic heterocycles. The number of aromatic hydroxyl groups is 1. The zero-order chi connectivity index (χ0) is 12.3. The Morgan fingerprint density at radius 3 is 2.75 bits per heavy atom. The molecule has 1 rings (SSSR count). The van der Waals surface area contributed by atoms with E-state index in [1.54, 1.807) is 0 Å². The number of hydrogen-bond acceptors (Lipinski definition) is 3. The Balaban J connectivity index is 3.28. The molecule has 5 heteroatoms. The molecular formula is C11H12FNO3. The average Bonchev–Trinajstić information content (AvgIpc) is 2.20. The lowest BCUT2D eigenvalue weighted by Crippen LogP contribution is -2.11. The molecule has 4 N–H and O–H groups in total. The number of halogens is 1. The van der Waals surface area contributed by atoms with E-state index >= 15 is 0 Å². The summed E-state index contributed by atoms with van der Waals surface area (Å²) in [5.41, 5.74) is 5.23. The van der Waals surface area contributed by atoms with Gasteiger partial charge >= 0.3 is 5.97 Å². The molecule has 0 saturated heterocycles. The molecule has 86 valence electrons. The smallest absolute Gasteiger partial charge is 0.339 e. The highest BCUT2D eigenvalue weighted by Crippen LogP contribution is 2.29. The van der Waals surface area contributed by atoms with E-state index in [0.29, 0.717) is 6.42 Å². The van der Waals surface area contributed by atoms with Gasteiger partial charge in [-0.25, -0.2) is 9.18 Å². The normalized spacial score (nSPS) is 12.1. The number of carboxylic acids is 1. The Morgan fingerprint density at radius 1 is 1.62 bits per heavy atom. The van der Waals surface area contributed by atoms with Crippen molar-refractivity contribution in [3.8, 4) is 5.75 Å². The highest BCUT2D eigenvalue weighted by Gasteiger charge is 2.19. The first-order valence-electron chi connectivity index (χ1n) is 4.59. The van der Waals surface area contributed by atoms with Crippen molar-refractivity contribution < 1.29 is 19.4 Å². The fraction of sp³-hybridized carbons (Fsp3) is 0.182. The Morgan fingerprint density at radius 2 is 2.25 bits per heavy atom. The predicted octanol–water partition coefficient (Wildman–Crippen LogP) is 1.81. The van der Waals surface area contributed by atoms with Crippen LogP contribution in [0.3, 0.4) is 0 Å². The van der Waals surface area contributed by atoms with Gasteiger partial charge in [0, 0.05) is 11.6 Å². The monoisotopic (exact) mass is 225 g/mol. The quantitative estimate of drug-likeness (QED) is 0.682. The minimum absolute atomic E-state index is 0.0669. The maximum Gasteiger partial charge on any atom is 0.339 e. The van der Waals surface area contributed by atoms with Crippen LogP contribution < -0.4 is 5.73 Å². The molecule has 0 aliphatic rings. The zero-order valence-corrected chi connectivity index (χ0v) is 8.48. The average molecular weight is 225 g/mol. The molecule has 0 fully saturated rings. The Labute approximate surface area is 91.8 Å². The van der Waals surface area contributed by atoms with Gasteiger partial charge in [0.15, 0.2) is 0 Å². The van der Waals surface area contributed by atoms with Gasteiger partial charge in [-0.2, -0.15) is 0 Å². The fourth-order valence-electron chi connectivity index (χ4n) is 1.37. The van der Waals surface area contributed by atoms with E-state index in [9.17, 15) is 14.3 Å². The molecule has 0 aliphatic carbocycles. The van der Waals surface area contributed by atoms with Crippen molar-refractivity contribution >= 4 is 5.97 Å². The molecule has 0 radical (unpaired) electrons. The second-order valence-corrected chi connectivity index (χ2v) is 3.33. The van der Waals surface area contributed by atoms with Gasteiger partial charge in [0.1, 0.15) is 17.1 Å². The number of carboxylic acid groups (broad SMARTS) is 1. The lowest BCUT2D eigenvalue weighted by molar-refractivity contribution is 0.0693. The highest BCUT2D eigenvalue weighted by atomic mass is 19.1. The first-order chi connectivity index (χ1) is 7.47. The maximum absolute atomic E-state index is 13.1. The number of phenols is 1. The van der Waals surface area contributed by atoms with Crippen molar-refractivity contribution in [1.82, 2.24) is 0 Å². The third-order valence-corrected chi connectivity index (χ3v) is 2.15. The second-order valence-electron chi connectivity index (χ2n) is 3.33. The summed E-state index contributed by atoms with van der Waals surface area (Å²) in [6.07, 6.45) is 1.82. The van der Waals surface area contributed by atoms with Crippen molar-refractivity contribution in [2.45, 2.75) is 12.5 Å². The molecule has 0 bridgehead atoms. The van der Waals surface area contributed by atoms with Crippen LogP contribution in [-0.4, -0.2) is 16.2 Å². The van der Waals surface area contributed by atoms with Crippen LogP contribution >= 0.6 is 0 Å². The van der Waals surface area contributed by atoms with Crippen molar-refractivity contribution in [3.63, 3.8) is 0 Å². The number of aromatic carboxylic acids is 1. The molecule has 16 heavy (non-hydrogen) atoms. The van der Waals surface area contributed by atoms with Gasteiger partial charge in [0.25, 0.3) is 0 Å².